The Kier molecular flexibility index (Phi) is 5.00. The van der Waals surface area contributed by atoms with Gasteiger partial charge in [0.1, 0.15) is 11.6 Å². The molecule has 2 aromatic heterocycles. The highest BCUT2D eigenvalue weighted by molar-refractivity contribution is 7.12. The molecule has 0 unspecified atom stereocenters. The molecule has 29 heavy (non-hydrogen) atoms. The van der Waals surface area contributed by atoms with Gasteiger partial charge in [0.2, 0.25) is 0 Å². The van der Waals surface area contributed by atoms with Gasteiger partial charge in [0.05, 0.1) is 28.8 Å². The van der Waals surface area contributed by atoms with E-state index >= 15 is 0 Å². The van der Waals surface area contributed by atoms with Crippen LogP contribution >= 0.6 is 22.9 Å². The lowest BCUT2D eigenvalue weighted by molar-refractivity contribution is 0.0971. The molecule has 0 radical (unpaired) electrons. The molecule has 8 heteroatoms. The number of para-hydroxylation sites is 1. The van der Waals surface area contributed by atoms with E-state index in [-0.39, 0.29) is 17.3 Å². The highest BCUT2D eigenvalue weighted by Crippen LogP contribution is 2.33. The van der Waals surface area contributed by atoms with Crippen LogP contribution in [0.25, 0.3) is 10.9 Å². The zero-order chi connectivity index (χ0) is 20.5. The number of rotatable bonds is 4. The summed E-state index contributed by atoms with van der Waals surface area (Å²) in [5.41, 5.74) is 7.49. The summed E-state index contributed by atoms with van der Waals surface area (Å²) < 4.78 is 6.65. The maximum atomic E-state index is 13.1. The number of thiophene rings is 1. The average Bonchev–Trinajstić information content (AvgIpc) is 3.33. The first-order chi connectivity index (χ1) is 14.0. The van der Waals surface area contributed by atoms with Crippen LogP contribution in [0.1, 0.15) is 20.0 Å². The lowest BCUT2D eigenvalue weighted by atomic mass is 10.1. The second-order valence-corrected chi connectivity index (χ2v) is 7.58. The van der Waals surface area contributed by atoms with Crippen LogP contribution in [0.15, 0.2) is 60.0 Å². The molecule has 146 valence electrons. The Labute approximate surface area is 175 Å². The first-order valence-corrected chi connectivity index (χ1v) is 9.89. The summed E-state index contributed by atoms with van der Waals surface area (Å²) in [7, 11) is 1.50. The number of nitrogens with zero attached hydrogens (tertiary/aromatic N) is 1. The summed E-state index contributed by atoms with van der Waals surface area (Å²) in [6.07, 6.45) is 0. The molecule has 4 aromatic rings. The van der Waals surface area contributed by atoms with Gasteiger partial charge in [-0.3, -0.25) is 14.2 Å². The van der Waals surface area contributed by atoms with Crippen molar-refractivity contribution >= 4 is 57.2 Å². The number of nitrogens with two attached hydrogens (primary N) is 1. The Hall–Kier alpha value is -3.29. The van der Waals surface area contributed by atoms with E-state index in [2.05, 4.69) is 5.32 Å². The zero-order valence-electron chi connectivity index (χ0n) is 15.3. The minimum absolute atomic E-state index is 0.0723. The van der Waals surface area contributed by atoms with E-state index < -0.39 is 5.91 Å². The van der Waals surface area contributed by atoms with E-state index in [0.717, 1.165) is 0 Å². The van der Waals surface area contributed by atoms with Crippen molar-refractivity contribution in [3.05, 3.63) is 75.4 Å². The SMILES string of the molecule is COc1ccc(Cl)cc1NC(=O)c1c(N)n(C(=O)c2cccs2)c2ccccc12. The van der Waals surface area contributed by atoms with Crippen LogP contribution < -0.4 is 15.8 Å². The van der Waals surface area contributed by atoms with Crippen LogP contribution in [0.3, 0.4) is 0 Å². The summed E-state index contributed by atoms with van der Waals surface area (Å²) in [6, 6.07) is 15.5. The normalized spacial score (nSPS) is 10.8. The monoisotopic (exact) mass is 425 g/mol. The summed E-state index contributed by atoms with van der Waals surface area (Å²) in [6.45, 7) is 0. The van der Waals surface area contributed by atoms with Gasteiger partial charge in [-0.25, -0.2) is 0 Å². The third kappa shape index (κ3) is 3.35. The van der Waals surface area contributed by atoms with Crippen molar-refractivity contribution in [1.82, 2.24) is 4.57 Å². The minimum Gasteiger partial charge on any atom is -0.495 e. The first kappa shape index (κ1) is 19.0. The zero-order valence-corrected chi connectivity index (χ0v) is 16.9. The average molecular weight is 426 g/mol. The molecule has 2 heterocycles. The molecule has 0 spiro atoms. The number of fused-ring (bicyclic) bond motifs is 1. The highest BCUT2D eigenvalue weighted by atomic mass is 35.5. The van der Waals surface area contributed by atoms with Gasteiger partial charge in [0.25, 0.3) is 11.8 Å². The Morgan fingerprint density at radius 2 is 1.93 bits per heavy atom. The number of nitrogen functional groups attached to an aromatic ring is 1. The number of hydrogen-bond donors (Lipinski definition) is 2. The van der Waals surface area contributed by atoms with E-state index in [0.29, 0.717) is 32.2 Å². The van der Waals surface area contributed by atoms with Crippen molar-refractivity contribution in [3.8, 4) is 5.75 Å². The van der Waals surface area contributed by atoms with Crippen LogP contribution in [0.2, 0.25) is 5.02 Å². The Morgan fingerprint density at radius 3 is 2.66 bits per heavy atom. The molecule has 2 aromatic carbocycles. The lowest BCUT2D eigenvalue weighted by Crippen LogP contribution is -2.17. The van der Waals surface area contributed by atoms with Crippen molar-refractivity contribution in [2.24, 2.45) is 0 Å². The number of anilines is 2. The van der Waals surface area contributed by atoms with E-state index in [1.54, 1.807) is 54.6 Å². The number of carbonyl (C=O) groups is 2. The van der Waals surface area contributed by atoms with Crippen LogP contribution in [0.5, 0.6) is 5.75 Å². The van der Waals surface area contributed by atoms with Crippen LogP contribution in [0.4, 0.5) is 11.5 Å². The largest absolute Gasteiger partial charge is 0.495 e. The molecule has 0 aliphatic heterocycles. The van der Waals surface area contributed by atoms with Gasteiger partial charge in [-0.1, -0.05) is 35.9 Å². The molecule has 0 saturated carbocycles. The topological polar surface area (TPSA) is 86.3 Å². The lowest BCUT2D eigenvalue weighted by Gasteiger charge is -2.11. The predicted molar refractivity (Wildman–Crippen MR) is 116 cm³/mol. The fraction of sp³-hybridized carbons (Fsp3) is 0.0476. The van der Waals surface area contributed by atoms with Crippen molar-refractivity contribution in [3.63, 3.8) is 0 Å². The maximum Gasteiger partial charge on any atom is 0.274 e. The molecule has 0 aliphatic rings. The molecule has 3 N–H and O–H groups in total. The van der Waals surface area contributed by atoms with E-state index in [1.807, 2.05) is 5.38 Å². The van der Waals surface area contributed by atoms with Gasteiger partial charge in [0, 0.05) is 10.4 Å². The Bertz CT molecular complexity index is 1230. The third-order valence-electron chi connectivity index (χ3n) is 4.48. The van der Waals surface area contributed by atoms with Crippen molar-refractivity contribution in [2.45, 2.75) is 0 Å². The van der Waals surface area contributed by atoms with Crippen molar-refractivity contribution in [2.75, 3.05) is 18.2 Å². The second kappa shape index (κ2) is 7.62. The van der Waals surface area contributed by atoms with Gasteiger partial charge in [0.15, 0.2) is 0 Å². The molecule has 4 rings (SSSR count). The fourth-order valence-electron chi connectivity index (χ4n) is 3.19. The van der Waals surface area contributed by atoms with E-state index in [9.17, 15) is 9.59 Å². The first-order valence-electron chi connectivity index (χ1n) is 8.63. The van der Waals surface area contributed by atoms with Crippen molar-refractivity contribution in [1.29, 1.82) is 0 Å². The molecule has 0 saturated heterocycles. The third-order valence-corrected chi connectivity index (χ3v) is 5.58. The van der Waals surface area contributed by atoms with Crippen LogP contribution in [-0.2, 0) is 0 Å². The van der Waals surface area contributed by atoms with Gasteiger partial charge < -0.3 is 15.8 Å². The number of carbonyl (C=O) groups excluding carboxylic acids is 2. The molecule has 0 atom stereocenters. The quantitative estimate of drug-likeness (QED) is 0.487. The molecular formula is C21H16ClN3O3S. The molecule has 0 bridgehead atoms. The number of ether oxygens (including phenoxy) is 1. The van der Waals surface area contributed by atoms with Crippen LogP contribution in [0, 0.1) is 0 Å². The number of amides is 1. The number of aromatic nitrogens is 1. The summed E-state index contributed by atoms with van der Waals surface area (Å²) in [4.78, 5) is 26.7. The number of benzene rings is 2. The van der Waals surface area contributed by atoms with E-state index in [1.165, 1.54) is 23.0 Å². The predicted octanol–water partition coefficient (Wildman–Crippen LogP) is 4.89. The number of hydrogen-bond acceptors (Lipinski definition) is 5. The van der Waals surface area contributed by atoms with Crippen molar-refractivity contribution < 1.29 is 14.3 Å². The summed E-state index contributed by atoms with van der Waals surface area (Å²) >= 11 is 7.37. The molecule has 1 amide bonds. The number of halogens is 1. The number of nitrogens with one attached hydrogen (secondary N) is 1. The smallest absolute Gasteiger partial charge is 0.274 e. The van der Waals surface area contributed by atoms with E-state index in [4.69, 9.17) is 22.1 Å². The van der Waals surface area contributed by atoms with Gasteiger partial charge in [-0.05, 0) is 35.7 Å². The molecule has 0 fully saturated rings. The Morgan fingerprint density at radius 1 is 1.14 bits per heavy atom. The minimum atomic E-state index is -0.461. The second-order valence-electron chi connectivity index (χ2n) is 6.19. The Balaban J connectivity index is 1.83. The van der Waals surface area contributed by atoms with Crippen LogP contribution in [-0.4, -0.2) is 23.5 Å². The van der Waals surface area contributed by atoms with Gasteiger partial charge in [-0.2, -0.15) is 0 Å². The summed E-state index contributed by atoms with van der Waals surface area (Å²) in [5.74, 6) is -0.215. The van der Waals surface area contributed by atoms with Gasteiger partial charge >= 0.3 is 0 Å². The molecule has 6 nitrogen and oxygen atoms in total. The highest BCUT2D eigenvalue weighted by Gasteiger charge is 2.25. The maximum absolute atomic E-state index is 13.1. The standard InChI is InChI=1S/C21H16ClN3O3S/c1-28-16-9-8-12(22)11-14(16)24-20(26)18-13-5-2-3-6-15(13)25(19(18)23)21(27)17-7-4-10-29-17/h2-11H,23H2,1H3,(H,24,26). The molecular weight excluding hydrogens is 410 g/mol. The number of methoxy groups -OCH3 is 1. The summed E-state index contributed by atoms with van der Waals surface area (Å²) in [5, 5.41) is 5.63. The molecule has 0 aliphatic carbocycles. The fourth-order valence-corrected chi connectivity index (χ4v) is 4.02. The van der Waals surface area contributed by atoms with Gasteiger partial charge in [-0.15, -0.1) is 11.3 Å².